The fourth-order valence-corrected chi connectivity index (χ4v) is 1.79. The molecule has 2 aromatic heterocycles. The fourth-order valence-electron chi connectivity index (χ4n) is 1.79. The number of anilines is 2. The van der Waals surface area contributed by atoms with Crippen molar-refractivity contribution in [3.8, 4) is 0 Å². The highest BCUT2D eigenvalue weighted by Gasteiger charge is 2.33. The van der Waals surface area contributed by atoms with E-state index in [1.165, 1.54) is 7.05 Å². The predicted octanol–water partition coefficient (Wildman–Crippen LogP) is 2.23. The van der Waals surface area contributed by atoms with Gasteiger partial charge in [-0.2, -0.15) is 18.2 Å². The molecule has 2 heterocycles. The van der Waals surface area contributed by atoms with Gasteiger partial charge in [-0.3, -0.25) is 0 Å². The molecule has 0 bridgehead atoms. The van der Waals surface area contributed by atoms with Crippen molar-refractivity contribution in [1.82, 2.24) is 19.5 Å². The average Bonchev–Trinajstić information content (AvgIpc) is 2.89. The summed E-state index contributed by atoms with van der Waals surface area (Å²) in [6.07, 6.45) is 0.535. The second-order valence-corrected chi connectivity index (χ2v) is 4.51. The molecule has 0 fully saturated rings. The largest absolute Gasteiger partial charge is 0.433 e. The quantitative estimate of drug-likeness (QED) is 0.886. The summed E-state index contributed by atoms with van der Waals surface area (Å²) in [6, 6.07) is 0.769. The first-order valence-corrected chi connectivity index (χ1v) is 6.25. The molecular weight excluding hydrogens is 285 g/mol. The molecule has 6 nitrogen and oxygen atoms in total. The van der Waals surface area contributed by atoms with E-state index in [2.05, 4.69) is 25.6 Å². The second-order valence-electron chi connectivity index (χ2n) is 4.51. The Kier molecular flexibility index (Phi) is 4.29. The van der Waals surface area contributed by atoms with Crippen molar-refractivity contribution >= 4 is 11.8 Å². The third-order valence-electron chi connectivity index (χ3n) is 2.68. The molecule has 2 rings (SSSR count). The van der Waals surface area contributed by atoms with E-state index in [9.17, 15) is 13.2 Å². The van der Waals surface area contributed by atoms with Crippen molar-refractivity contribution in [1.29, 1.82) is 0 Å². The van der Waals surface area contributed by atoms with Crippen LogP contribution in [0.15, 0.2) is 24.8 Å². The van der Waals surface area contributed by atoms with Crippen LogP contribution in [0.1, 0.15) is 12.6 Å². The van der Waals surface area contributed by atoms with Gasteiger partial charge in [0.05, 0.1) is 6.33 Å². The lowest BCUT2D eigenvalue weighted by Crippen LogP contribution is -2.23. The lowest BCUT2D eigenvalue weighted by Gasteiger charge is -2.16. The molecule has 2 aromatic rings. The normalized spacial score (nSPS) is 13.0. The summed E-state index contributed by atoms with van der Waals surface area (Å²) in [7, 11) is 1.47. The van der Waals surface area contributed by atoms with E-state index in [0.29, 0.717) is 6.54 Å². The highest BCUT2D eigenvalue weighted by atomic mass is 19.4. The molecule has 0 aliphatic heterocycles. The average molecular weight is 300 g/mol. The first kappa shape index (κ1) is 15.1. The van der Waals surface area contributed by atoms with E-state index >= 15 is 0 Å². The number of nitrogens with zero attached hydrogens (tertiary/aromatic N) is 4. The SMILES string of the molecule is CNc1nc(NC(C)Cn2ccnc2)cc(C(F)(F)F)n1. The maximum atomic E-state index is 12.8. The molecule has 0 saturated carbocycles. The van der Waals surface area contributed by atoms with E-state index in [4.69, 9.17) is 0 Å². The van der Waals surface area contributed by atoms with Gasteiger partial charge in [0.15, 0.2) is 5.69 Å². The standard InChI is InChI=1S/C12H15F3N6/c1-8(6-21-4-3-17-7-21)18-10-5-9(12(13,14)15)19-11(16-2)20-10/h3-5,7-8H,6H2,1-2H3,(H2,16,18,19,20). The van der Waals surface area contributed by atoms with Crippen LogP contribution in [0.4, 0.5) is 24.9 Å². The number of hydrogen-bond donors (Lipinski definition) is 2. The molecule has 0 aliphatic carbocycles. The van der Waals surface area contributed by atoms with Crippen molar-refractivity contribution in [3.05, 3.63) is 30.5 Å². The number of hydrogen-bond acceptors (Lipinski definition) is 5. The maximum Gasteiger partial charge on any atom is 0.433 e. The Bertz CT molecular complexity index is 581. The van der Waals surface area contributed by atoms with Crippen LogP contribution < -0.4 is 10.6 Å². The third-order valence-corrected chi connectivity index (χ3v) is 2.68. The lowest BCUT2D eigenvalue weighted by atomic mass is 10.3. The number of aromatic nitrogens is 4. The molecular formula is C12H15F3N6. The van der Waals surface area contributed by atoms with Crippen LogP contribution in [-0.4, -0.2) is 32.6 Å². The van der Waals surface area contributed by atoms with Crippen molar-refractivity contribution in [2.45, 2.75) is 25.7 Å². The second kappa shape index (κ2) is 5.98. The Balaban J connectivity index is 2.15. The van der Waals surface area contributed by atoms with Crippen LogP contribution in [-0.2, 0) is 12.7 Å². The van der Waals surface area contributed by atoms with Gasteiger partial charge in [0.1, 0.15) is 5.82 Å². The molecule has 0 aliphatic rings. The number of alkyl halides is 3. The first-order valence-electron chi connectivity index (χ1n) is 6.25. The van der Waals surface area contributed by atoms with E-state index in [1.54, 1.807) is 18.7 Å². The van der Waals surface area contributed by atoms with Gasteiger partial charge in [0, 0.05) is 38.1 Å². The summed E-state index contributed by atoms with van der Waals surface area (Å²) in [4.78, 5) is 11.3. The van der Waals surface area contributed by atoms with Gasteiger partial charge in [-0.1, -0.05) is 0 Å². The number of rotatable bonds is 5. The Hall–Kier alpha value is -2.32. The Morgan fingerprint density at radius 3 is 2.67 bits per heavy atom. The molecule has 21 heavy (non-hydrogen) atoms. The van der Waals surface area contributed by atoms with Crippen molar-refractivity contribution in [2.75, 3.05) is 17.7 Å². The smallest absolute Gasteiger partial charge is 0.366 e. The van der Waals surface area contributed by atoms with Gasteiger partial charge < -0.3 is 15.2 Å². The van der Waals surface area contributed by atoms with Gasteiger partial charge in [0.2, 0.25) is 5.95 Å². The van der Waals surface area contributed by atoms with E-state index in [1.807, 2.05) is 11.5 Å². The molecule has 2 N–H and O–H groups in total. The van der Waals surface area contributed by atoms with E-state index < -0.39 is 11.9 Å². The zero-order valence-corrected chi connectivity index (χ0v) is 11.5. The summed E-state index contributed by atoms with van der Waals surface area (Å²) in [6.45, 7) is 2.40. The zero-order chi connectivity index (χ0) is 15.5. The Labute approximate surface area is 119 Å². The zero-order valence-electron chi connectivity index (χ0n) is 11.5. The molecule has 1 unspecified atom stereocenters. The third kappa shape index (κ3) is 4.07. The molecule has 0 saturated heterocycles. The summed E-state index contributed by atoms with van der Waals surface area (Å²) >= 11 is 0. The highest BCUT2D eigenvalue weighted by Crippen LogP contribution is 2.29. The predicted molar refractivity (Wildman–Crippen MR) is 71.9 cm³/mol. The molecule has 1 atom stereocenters. The number of nitrogens with one attached hydrogen (secondary N) is 2. The Morgan fingerprint density at radius 1 is 1.33 bits per heavy atom. The minimum absolute atomic E-state index is 0.0813. The minimum Gasteiger partial charge on any atom is -0.366 e. The van der Waals surface area contributed by atoms with Gasteiger partial charge in [0.25, 0.3) is 0 Å². The van der Waals surface area contributed by atoms with Crippen LogP contribution in [0, 0.1) is 0 Å². The van der Waals surface area contributed by atoms with E-state index in [0.717, 1.165) is 6.07 Å². The molecule has 9 heteroatoms. The van der Waals surface area contributed by atoms with Gasteiger partial charge in [-0.25, -0.2) is 9.97 Å². The van der Waals surface area contributed by atoms with Crippen LogP contribution in [0.5, 0.6) is 0 Å². The van der Waals surface area contributed by atoms with Gasteiger partial charge in [-0.05, 0) is 6.92 Å². The highest BCUT2D eigenvalue weighted by molar-refractivity contribution is 5.43. The fraction of sp³-hybridized carbons (Fsp3) is 0.417. The van der Waals surface area contributed by atoms with Crippen molar-refractivity contribution in [3.63, 3.8) is 0 Å². The van der Waals surface area contributed by atoms with Crippen LogP contribution >= 0.6 is 0 Å². The topological polar surface area (TPSA) is 67.7 Å². The first-order chi connectivity index (χ1) is 9.88. The van der Waals surface area contributed by atoms with Crippen molar-refractivity contribution < 1.29 is 13.2 Å². The Morgan fingerprint density at radius 2 is 2.10 bits per heavy atom. The van der Waals surface area contributed by atoms with Crippen molar-refractivity contribution in [2.24, 2.45) is 0 Å². The number of imidazole rings is 1. The van der Waals surface area contributed by atoms with Crippen LogP contribution in [0.3, 0.4) is 0 Å². The summed E-state index contributed by atoms with van der Waals surface area (Å²) in [5.74, 6) is 0.0384. The molecule has 0 spiro atoms. The lowest BCUT2D eigenvalue weighted by molar-refractivity contribution is -0.141. The summed E-state index contributed by atoms with van der Waals surface area (Å²) < 4.78 is 40.1. The number of halogens is 3. The van der Waals surface area contributed by atoms with Crippen LogP contribution in [0.25, 0.3) is 0 Å². The molecule has 0 amide bonds. The molecule has 0 aromatic carbocycles. The van der Waals surface area contributed by atoms with Gasteiger partial charge in [-0.15, -0.1) is 0 Å². The van der Waals surface area contributed by atoms with Crippen LogP contribution in [0.2, 0.25) is 0 Å². The summed E-state index contributed by atoms with van der Waals surface area (Å²) in [5.41, 5.74) is -0.987. The molecule has 114 valence electrons. The monoisotopic (exact) mass is 300 g/mol. The molecule has 0 radical (unpaired) electrons. The van der Waals surface area contributed by atoms with E-state index in [-0.39, 0.29) is 17.8 Å². The summed E-state index contributed by atoms with van der Waals surface area (Å²) in [5, 5.41) is 5.45. The maximum absolute atomic E-state index is 12.8. The minimum atomic E-state index is -4.52. The van der Waals surface area contributed by atoms with Gasteiger partial charge >= 0.3 is 6.18 Å².